The molecule has 0 fully saturated rings. The highest BCUT2D eigenvalue weighted by molar-refractivity contribution is 14.0. The van der Waals surface area contributed by atoms with Crippen molar-refractivity contribution in [1.82, 2.24) is 25.4 Å². The van der Waals surface area contributed by atoms with E-state index in [-0.39, 0.29) is 24.0 Å². The number of hydrogen-bond donors (Lipinski definition) is 2. The maximum Gasteiger partial charge on any atom is 0.191 e. The number of benzene rings is 2. The van der Waals surface area contributed by atoms with Crippen molar-refractivity contribution in [2.45, 2.75) is 20.0 Å². The van der Waals surface area contributed by atoms with E-state index in [1.54, 1.807) is 29.9 Å². The number of rotatable bonds is 6. The Morgan fingerprint density at radius 2 is 1.83 bits per heavy atom. The zero-order valence-electron chi connectivity index (χ0n) is 16.8. The highest BCUT2D eigenvalue weighted by atomic mass is 127. The Labute approximate surface area is 202 Å². The summed E-state index contributed by atoms with van der Waals surface area (Å²) >= 11 is 12.1. The lowest BCUT2D eigenvalue weighted by Crippen LogP contribution is -2.36. The molecule has 10 heteroatoms. The first-order valence-electron chi connectivity index (χ1n) is 8.96. The number of halogens is 3. The Bertz CT molecular complexity index is 1020. The molecule has 0 aliphatic heterocycles. The van der Waals surface area contributed by atoms with Crippen LogP contribution in [0.4, 0.5) is 0 Å². The Balaban J connectivity index is 0.00000320. The van der Waals surface area contributed by atoms with Gasteiger partial charge in [-0.3, -0.25) is 9.67 Å². The third kappa shape index (κ3) is 6.48. The van der Waals surface area contributed by atoms with E-state index in [2.05, 4.69) is 31.8 Å². The smallest absolute Gasteiger partial charge is 0.191 e. The molecule has 7 nitrogen and oxygen atoms in total. The molecular weight excluding hydrogens is 538 g/mol. The van der Waals surface area contributed by atoms with Gasteiger partial charge in [0.25, 0.3) is 0 Å². The van der Waals surface area contributed by atoms with Crippen LogP contribution in [0.5, 0.6) is 11.5 Å². The van der Waals surface area contributed by atoms with Crippen LogP contribution in [0.1, 0.15) is 17.0 Å². The molecule has 3 aromatic rings. The normalized spacial score (nSPS) is 11.0. The van der Waals surface area contributed by atoms with E-state index in [1.165, 1.54) is 6.33 Å². The molecule has 0 saturated heterocycles. The highest BCUT2D eigenvalue weighted by Crippen LogP contribution is 2.33. The van der Waals surface area contributed by atoms with E-state index >= 15 is 0 Å². The summed E-state index contributed by atoms with van der Waals surface area (Å²) in [7, 11) is 3.58. The SMILES string of the molecule is CN=C(NCc1ccc(Oc2ccc(Cl)cc2Cl)c(C)c1)NCc1ncnn1C.I. The first-order valence-corrected chi connectivity index (χ1v) is 9.71. The number of hydrogen-bond acceptors (Lipinski definition) is 4. The van der Waals surface area contributed by atoms with Gasteiger partial charge >= 0.3 is 0 Å². The van der Waals surface area contributed by atoms with Gasteiger partial charge in [-0.15, -0.1) is 24.0 Å². The summed E-state index contributed by atoms with van der Waals surface area (Å²) in [4.78, 5) is 8.41. The van der Waals surface area contributed by atoms with Gasteiger partial charge in [0.05, 0.1) is 11.6 Å². The quantitative estimate of drug-likeness (QED) is 0.259. The second-order valence-electron chi connectivity index (χ2n) is 6.36. The first-order chi connectivity index (χ1) is 14.0. The summed E-state index contributed by atoms with van der Waals surface area (Å²) in [5.41, 5.74) is 2.09. The van der Waals surface area contributed by atoms with Crippen LogP contribution in [-0.2, 0) is 20.1 Å². The zero-order valence-corrected chi connectivity index (χ0v) is 20.7. The van der Waals surface area contributed by atoms with Crippen molar-refractivity contribution < 1.29 is 4.74 Å². The molecule has 0 aliphatic rings. The summed E-state index contributed by atoms with van der Waals surface area (Å²) < 4.78 is 7.64. The van der Waals surface area contributed by atoms with Crippen LogP contribution in [0.3, 0.4) is 0 Å². The molecule has 0 amide bonds. The van der Waals surface area contributed by atoms with Crippen molar-refractivity contribution in [3.8, 4) is 11.5 Å². The Morgan fingerprint density at radius 1 is 1.10 bits per heavy atom. The van der Waals surface area contributed by atoms with Gasteiger partial charge in [-0.2, -0.15) is 5.10 Å². The van der Waals surface area contributed by atoms with Crippen molar-refractivity contribution >= 4 is 53.1 Å². The van der Waals surface area contributed by atoms with E-state index in [4.69, 9.17) is 27.9 Å². The predicted molar refractivity (Wildman–Crippen MR) is 131 cm³/mol. The lowest BCUT2D eigenvalue weighted by Gasteiger charge is -2.14. The maximum atomic E-state index is 6.19. The Hall–Kier alpha value is -2.04. The molecule has 0 bridgehead atoms. The number of nitrogens with one attached hydrogen (secondary N) is 2. The second kappa shape index (κ2) is 11.4. The Morgan fingerprint density at radius 3 is 2.47 bits per heavy atom. The summed E-state index contributed by atoms with van der Waals surface area (Å²) in [6.07, 6.45) is 1.52. The largest absolute Gasteiger partial charge is 0.456 e. The molecule has 2 N–H and O–H groups in total. The van der Waals surface area contributed by atoms with Gasteiger partial charge in [-0.05, 0) is 42.3 Å². The number of aromatic nitrogens is 3. The van der Waals surface area contributed by atoms with Gasteiger partial charge < -0.3 is 15.4 Å². The molecule has 1 aromatic heterocycles. The van der Waals surface area contributed by atoms with E-state index in [0.717, 1.165) is 22.7 Å². The lowest BCUT2D eigenvalue weighted by molar-refractivity contribution is 0.479. The van der Waals surface area contributed by atoms with Gasteiger partial charge in [0.15, 0.2) is 5.96 Å². The van der Waals surface area contributed by atoms with Crippen molar-refractivity contribution in [2.75, 3.05) is 7.05 Å². The molecule has 0 radical (unpaired) electrons. The molecular formula is C20H23Cl2IN6O. The summed E-state index contributed by atoms with van der Waals surface area (Å²) in [6, 6.07) is 11.1. The van der Waals surface area contributed by atoms with Crippen LogP contribution >= 0.6 is 47.2 Å². The van der Waals surface area contributed by atoms with Crippen LogP contribution in [0.15, 0.2) is 47.7 Å². The van der Waals surface area contributed by atoms with Gasteiger partial charge in [0.1, 0.15) is 23.7 Å². The average Bonchev–Trinajstić information content (AvgIpc) is 3.10. The van der Waals surface area contributed by atoms with E-state index < -0.39 is 0 Å². The standard InChI is InChI=1S/C20H22Cl2N6O.HI/c1-13-8-14(4-6-17(13)29-18-7-5-15(21)9-16(18)22)10-24-20(23-2)25-11-19-26-12-27-28(19)3;/h4-9,12H,10-11H2,1-3H3,(H2,23,24,25);1H. The van der Waals surface area contributed by atoms with Crippen LogP contribution in [0, 0.1) is 6.92 Å². The highest BCUT2D eigenvalue weighted by Gasteiger charge is 2.08. The zero-order chi connectivity index (χ0) is 20.8. The van der Waals surface area contributed by atoms with Gasteiger partial charge in [0, 0.05) is 25.7 Å². The molecule has 3 rings (SSSR count). The number of aryl methyl sites for hydroxylation is 2. The van der Waals surface area contributed by atoms with Gasteiger partial charge in [0.2, 0.25) is 0 Å². The topological polar surface area (TPSA) is 76.4 Å². The molecule has 0 atom stereocenters. The molecule has 1 heterocycles. The van der Waals surface area contributed by atoms with E-state index in [1.807, 2.05) is 26.1 Å². The molecule has 30 heavy (non-hydrogen) atoms. The molecule has 0 unspecified atom stereocenters. The minimum Gasteiger partial charge on any atom is -0.456 e. The molecule has 0 spiro atoms. The fourth-order valence-electron chi connectivity index (χ4n) is 2.66. The van der Waals surface area contributed by atoms with Crippen LogP contribution in [0.25, 0.3) is 0 Å². The van der Waals surface area contributed by atoms with Crippen LogP contribution in [-0.4, -0.2) is 27.8 Å². The van der Waals surface area contributed by atoms with Gasteiger partial charge in [-0.25, -0.2) is 4.98 Å². The molecule has 0 saturated carbocycles. The van der Waals surface area contributed by atoms with Crippen molar-refractivity contribution in [1.29, 1.82) is 0 Å². The third-order valence-corrected chi connectivity index (χ3v) is 4.79. The number of guanidine groups is 1. The summed E-state index contributed by atoms with van der Waals surface area (Å²) in [5, 5.41) is 11.6. The van der Waals surface area contributed by atoms with Crippen LogP contribution in [0.2, 0.25) is 10.0 Å². The number of aliphatic imine (C=N–C) groups is 1. The second-order valence-corrected chi connectivity index (χ2v) is 7.20. The minimum atomic E-state index is 0. The molecule has 0 aliphatic carbocycles. The fourth-order valence-corrected chi connectivity index (χ4v) is 3.11. The van der Waals surface area contributed by atoms with E-state index in [0.29, 0.717) is 34.8 Å². The fraction of sp³-hybridized carbons (Fsp3) is 0.250. The van der Waals surface area contributed by atoms with Crippen molar-refractivity contribution in [2.24, 2.45) is 12.0 Å². The first kappa shape index (κ1) is 24.2. The van der Waals surface area contributed by atoms with Crippen molar-refractivity contribution in [3.05, 3.63) is 69.7 Å². The van der Waals surface area contributed by atoms with Gasteiger partial charge in [-0.1, -0.05) is 35.3 Å². The maximum absolute atomic E-state index is 6.19. The minimum absolute atomic E-state index is 0. The predicted octanol–water partition coefficient (Wildman–Crippen LogP) is 4.71. The Kier molecular flexibility index (Phi) is 9.19. The van der Waals surface area contributed by atoms with Crippen LogP contribution < -0.4 is 15.4 Å². The lowest BCUT2D eigenvalue weighted by atomic mass is 10.1. The number of ether oxygens (including phenoxy) is 1. The summed E-state index contributed by atoms with van der Waals surface area (Å²) in [6.45, 7) is 3.13. The number of nitrogens with zero attached hydrogens (tertiary/aromatic N) is 4. The third-order valence-electron chi connectivity index (χ3n) is 4.26. The molecule has 2 aromatic carbocycles. The van der Waals surface area contributed by atoms with E-state index in [9.17, 15) is 0 Å². The summed E-state index contributed by atoms with van der Waals surface area (Å²) in [5.74, 6) is 2.81. The average molecular weight is 561 g/mol. The molecule has 160 valence electrons. The van der Waals surface area contributed by atoms with Crippen molar-refractivity contribution in [3.63, 3.8) is 0 Å². The monoisotopic (exact) mass is 560 g/mol.